The third kappa shape index (κ3) is 1.43. The van der Waals surface area contributed by atoms with E-state index in [0.29, 0.717) is 18.4 Å². The van der Waals surface area contributed by atoms with Crippen LogP contribution in [0.4, 0.5) is 10.1 Å². The molecule has 0 fully saturated rings. The molecule has 0 saturated heterocycles. The summed E-state index contributed by atoms with van der Waals surface area (Å²) >= 11 is 0. The van der Waals surface area contributed by atoms with Crippen LogP contribution in [-0.4, -0.2) is 19.2 Å². The van der Waals surface area contributed by atoms with E-state index in [1.165, 1.54) is 12.1 Å². The molecule has 1 atom stereocenters. The SMILES string of the molecule is CCN1c2ccc(F)cc2OCC1C. The molecule has 0 aromatic heterocycles. The Balaban J connectivity index is 2.41. The lowest BCUT2D eigenvalue weighted by Gasteiger charge is -2.35. The molecule has 1 heterocycles. The smallest absolute Gasteiger partial charge is 0.145 e. The number of fused-ring (bicyclic) bond motifs is 1. The van der Waals surface area contributed by atoms with Gasteiger partial charge in [0.1, 0.15) is 18.2 Å². The largest absolute Gasteiger partial charge is 0.489 e. The quantitative estimate of drug-likeness (QED) is 0.682. The first-order valence-electron chi connectivity index (χ1n) is 4.91. The molecular formula is C11H14FNO. The minimum atomic E-state index is -0.241. The van der Waals surface area contributed by atoms with Gasteiger partial charge in [-0.2, -0.15) is 0 Å². The second kappa shape index (κ2) is 3.48. The third-order valence-corrected chi connectivity index (χ3v) is 2.58. The van der Waals surface area contributed by atoms with Gasteiger partial charge in [-0.05, 0) is 26.0 Å². The predicted molar refractivity (Wildman–Crippen MR) is 54.4 cm³/mol. The molecule has 0 saturated carbocycles. The fraction of sp³-hybridized carbons (Fsp3) is 0.455. The number of nitrogens with zero attached hydrogens (tertiary/aromatic N) is 1. The fourth-order valence-electron chi connectivity index (χ4n) is 1.86. The van der Waals surface area contributed by atoms with Crippen LogP contribution in [0.15, 0.2) is 18.2 Å². The molecule has 1 aromatic carbocycles. The van der Waals surface area contributed by atoms with E-state index in [9.17, 15) is 4.39 Å². The summed E-state index contributed by atoms with van der Waals surface area (Å²) in [4.78, 5) is 2.22. The summed E-state index contributed by atoms with van der Waals surface area (Å²) in [6.45, 7) is 5.75. The van der Waals surface area contributed by atoms with Gasteiger partial charge in [-0.15, -0.1) is 0 Å². The van der Waals surface area contributed by atoms with Crippen LogP contribution in [0.5, 0.6) is 5.75 Å². The zero-order valence-corrected chi connectivity index (χ0v) is 8.46. The number of hydrogen-bond acceptors (Lipinski definition) is 2. The van der Waals surface area contributed by atoms with E-state index in [-0.39, 0.29) is 5.82 Å². The maximum absolute atomic E-state index is 12.9. The Bertz CT molecular complexity index is 340. The summed E-state index contributed by atoms with van der Waals surface area (Å²) in [7, 11) is 0. The summed E-state index contributed by atoms with van der Waals surface area (Å²) < 4.78 is 18.4. The van der Waals surface area contributed by atoms with Crippen LogP contribution in [0.1, 0.15) is 13.8 Å². The highest BCUT2D eigenvalue weighted by molar-refractivity contribution is 5.60. The van der Waals surface area contributed by atoms with Crippen LogP contribution >= 0.6 is 0 Å². The van der Waals surface area contributed by atoms with Gasteiger partial charge in [0.2, 0.25) is 0 Å². The number of rotatable bonds is 1. The van der Waals surface area contributed by atoms with E-state index in [0.717, 1.165) is 12.2 Å². The third-order valence-electron chi connectivity index (χ3n) is 2.58. The molecule has 76 valence electrons. The Hall–Kier alpha value is -1.25. The molecule has 1 aromatic rings. The zero-order valence-electron chi connectivity index (χ0n) is 8.46. The van der Waals surface area contributed by atoms with Crippen molar-refractivity contribution in [3.8, 4) is 5.75 Å². The lowest BCUT2D eigenvalue weighted by molar-refractivity contribution is 0.270. The second-order valence-electron chi connectivity index (χ2n) is 3.56. The molecule has 14 heavy (non-hydrogen) atoms. The number of hydrogen-bond donors (Lipinski definition) is 0. The van der Waals surface area contributed by atoms with Crippen molar-refractivity contribution >= 4 is 5.69 Å². The minimum absolute atomic E-state index is 0.241. The van der Waals surface area contributed by atoms with E-state index in [1.54, 1.807) is 6.07 Å². The first kappa shape index (κ1) is 9.31. The first-order valence-corrected chi connectivity index (χ1v) is 4.91. The van der Waals surface area contributed by atoms with Crippen molar-refractivity contribution in [3.63, 3.8) is 0 Å². The van der Waals surface area contributed by atoms with Crippen LogP contribution in [-0.2, 0) is 0 Å². The number of ether oxygens (including phenoxy) is 1. The lowest BCUT2D eigenvalue weighted by Crippen LogP contribution is -2.40. The van der Waals surface area contributed by atoms with Gasteiger partial charge >= 0.3 is 0 Å². The molecule has 3 heteroatoms. The van der Waals surface area contributed by atoms with Crippen molar-refractivity contribution in [3.05, 3.63) is 24.0 Å². The number of benzene rings is 1. The summed E-state index contributed by atoms with van der Waals surface area (Å²) in [6, 6.07) is 5.06. The van der Waals surface area contributed by atoms with Crippen LogP contribution in [0.3, 0.4) is 0 Å². The van der Waals surface area contributed by atoms with Gasteiger partial charge < -0.3 is 9.64 Å². The molecule has 0 bridgehead atoms. The fourth-order valence-corrected chi connectivity index (χ4v) is 1.86. The molecule has 2 nitrogen and oxygen atoms in total. The van der Waals surface area contributed by atoms with Crippen LogP contribution < -0.4 is 9.64 Å². The van der Waals surface area contributed by atoms with Crippen molar-refractivity contribution in [1.29, 1.82) is 0 Å². The Morgan fingerprint density at radius 1 is 1.57 bits per heavy atom. The lowest BCUT2D eigenvalue weighted by atomic mass is 10.1. The van der Waals surface area contributed by atoms with Gasteiger partial charge in [0.05, 0.1) is 11.7 Å². The minimum Gasteiger partial charge on any atom is -0.489 e. The molecule has 2 rings (SSSR count). The highest BCUT2D eigenvalue weighted by atomic mass is 19.1. The highest BCUT2D eigenvalue weighted by Gasteiger charge is 2.22. The maximum atomic E-state index is 12.9. The summed E-state index contributed by atoms with van der Waals surface area (Å²) in [6.07, 6.45) is 0. The molecule has 0 amide bonds. The van der Waals surface area contributed by atoms with E-state index >= 15 is 0 Å². The molecule has 0 spiro atoms. The van der Waals surface area contributed by atoms with Gasteiger partial charge in [0.25, 0.3) is 0 Å². The van der Waals surface area contributed by atoms with E-state index < -0.39 is 0 Å². The molecule has 1 unspecified atom stereocenters. The monoisotopic (exact) mass is 195 g/mol. The first-order chi connectivity index (χ1) is 6.72. The molecule has 0 radical (unpaired) electrons. The summed E-state index contributed by atoms with van der Waals surface area (Å²) in [5, 5.41) is 0. The predicted octanol–water partition coefficient (Wildman–Crippen LogP) is 2.43. The van der Waals surface area contributed by atoms with Crippen LogP contribution in [0.2, 0.25) is 0 Å². The van der Waals surface area contributed by atoms with Crippen molar-refractivity contribution in [2.45, 2.75) is 19.9 Å². The van der Waals surface area contributed by atoms with E-state index in [2.05, 4.69) is 18.7 Å². The normalized spacial score (nSPS) is 20.2. The number of anilines is 1. The van der Waals surface area contributed by atoms with Gasteiger partial charge in [0, 0.05) is 12.6 Å². The Morgan fingerprint density at radius 3 is 3.07 bits per heavy atom. The highest BCUT2D eigenvalue weighted by Crippen LogP contribution is 2.33. The zero-order chi connectivity index (χ0) is 10.1. The maximum Gasteiger partial charge on any atom is 0.145 e. The van der Waals surface area contributed by atoms with Crippen molar-refractivity contribution in [2.75, 3.05) is 18.1 Å². The average Bonchev–Trinajstić information content (AvgIpc) is 2.18. The van der Waals surface area contributed by atoms with E-state index in [4.69, 9.17) is 4.74 Å². The van der Waals surface area contributed by atoms with Crippen molar-refractivity contribution < 1.29 is 9.13 Å². The van der Waals surface area contributed by atoms with Crippen LogP contribution in [0.25, 0.3) is 0 Å². The Morgan fingerprint density at radius 2 is 2.36 bits per heavy atom. The number of likely N-dealkylation sites (N-methyl/N-ethyl adjacent to an activating group) is 1. The van der Waals surface area contributed by atoms with Crippen molar-refractivity contribution in [1.82, 2.24) is 0 Å². The molecule has 0 N–H and O–H groups in total. The van der Waals surface area contributed by atoms with E-state index in [1.807, 2.05) is 0 Å². The molecule has 1 aliphatic heterocycles. The second-order valence-corrected chi connectivity index (χ2v) is 3.56. The number of halogens is 1. The summed E-state index contributed by atoms with van der Waals surface area (Å²) in [5.74, 6) is 0.416. The summed E-state index contributed by atoms with van der Waals surface area (Å²) in [5.41, 5.74) is 0.993. The molecule has 0 aliphatic carbocycles. The average molecular weight is 195 g/mol. The van der Waals surface area contributed by atoms with Gasteiger partial charge in [0.15, 0.2) is 0 Å². The van der Waals surface area contributed by atoms with Crippen molar-refractivity contribution in [2.24, 2.45) is 0 Å². The molecular weight excluding hydrogens is 181 g/mol. The standard InChI is InChI=1S/C11H14FNO/c1-3-13-8(2)7-14-11-6-9(12)4-5-10(11)13/h4-6,8H,3,7H2,1-2H3. The van der Waals surface area contributed by atoms with Gasteiger partial charge in [-0.1, -0.05) is 0 Å². The Labute approximate surface area is 83.3 Å². The molecule has 1 aliphatic rings. The van der Waals surface area contributed by atoms with Gasteiger partial charge in [-0.3, -0.25) is 0 Å². The topological polar surface area (TPSA) is 12.5 Å². The van der Waals surface area contributed by atoms with Crippen LogP contribution in [0, 0.1) is 5.82 Å². The van der Waals surface area contributed by atoms with Gasteiger partial charge in [-0.25, -0.2) is 4.39 Å². The Kier molecular flexibility index (Phi) is 2.32.